The molecule has 2 rings (SSSR count). The van der Waals surface area contributed by atoms with Crippen LogP contribution in [-0.2, 0) is 14.6 Å². The third-order valence-corrected chi connectivity index (χ3v) is 5.18. The number of halogens is 1. The van der Waals surface area contributed by atoms with Gasteiger partial charge in [0.2, 0.25) is 5.91 Å². The Morgan fingerprint density at radius 2 is 2.09 bits per heavy atom. The number of carbonyl (C=O) groups excluding carboxylic acids is 1. The van der Waals surface area contributed by atoms with Crippen LogP contribution < -0.4 is 5.32 Å². The Morgan fingerprint density at radius 3 is 2.65 bits per heavy atom. The van der Waals surface area contributed by atoms with E-state index in [1.807, 2.05) is 0 Å². The van der Waals surface area contributed by atoms with Gasteiger partial charge in [-0.05, 0) is 51.0 Å². The number of carbonyl (C=O) groups is 1. The van der Waals surface area contributed by atoms with Gasteiger partial charge in [0.1, 0.15) is 15.7 Å². The molecule has 0 atom stereocenters. The smallest absolute Gasteiger partial charge is 0.228 e. The number of nitrogens with one attached hydrogen (secondary N) is 1. The Hall–Kier alpha value is -1.18. The molecule has 0 radical (unpaired) electrons. The molecule has 1 saturated heterocycles. The zero-order chi connectivity index (χ0) is 16.9. The molecule has 0 saturated carbocycles. The first-order chi connectivity index (χ1) is 10.8. The van der Waals surface area contributed by atoms with E-state index in [1.54, 1.807) is 12.1 Å². The van der Waals surface area contributed by atoms with Gasteiger partial charge in [-0.2, -0.15) is 0 Å². The van der Waals surface area contributed by atoms with Crippen molar-refractivity contribution in [2.45, 2.75) is 19.3 Å². The molecule has 0 aromatic carbocycles. The average Bonchev–Trinajstić information content (AvgIpc) is 2.49. The second-order valence-electron chi connectivity index (χ2n) is 5.95. The Labute approximate surface area is 142 Å². The molecular formula is C15H22ClN3O3S. The van der Waals surface area contributed by atoms with E-state index < -0.39 is 9.84 Å². The molecule has 0 aliphatic carbocycles. The van der Waals surface area contributed by atoms with Crippen molar-refractivity contribution in [2.75, 3.05) is 37.0 Å². The summed E-state index contributed by atoms with van der Waals surface area (Å²) in [7, 11) is -2.89. The first-order valence-corrected chi connectivity index (χ1v) is 10.1. The van der Waals surface area contributed by atoms with Crippen molar-refractivity contribution in [1.29, 1.82) is 0 Å². The second kappa shape index (κ2) is 8.08. The van der Waals surface area contributed by atoms with Gasteiger partial charge in [-0.15, -0.1) is 0 Å². The summed E-state index contributed by atoms with van der Waals surface area (Å²) in [5.74, 6) is 0.680. The highest BCUT2D eigenvalue weighted by molar-refractivity contribution is 7.90. The third kappa shape index (κ3) is 6.45. The highest BCUT2D eigenvalue weighted by Gasteiger charge is 2.25. The average molecular weight is 360 g/mol. The van der Waals surface area contributed by atoms with Crippen LogP contribution in [-0.4, -0.2) is 55.9 Å². The Morgan fingerprint density at radius 1 is 1.39 bits per heavy atom. The minimum Gasteiger partial charge on any atom is -0.310 e. The maximum atomic E-state index is 12.2. The van der Waals surface area contributed by atoms with Crippen molar-refractivity contribution in [3.63, 3.8) is 0 Å². The predicted octanol–water partition coefficient (Wildman–Crippen LogP) is 1.82. The number of amides is 1. The monoisotopic (exact) mass is 359 g/mol. The number of nitrogens with zero attached hydrogens (tertiary/aromatic N) is 2. The molecule has 128 valence electrons. The van der Waals surface area contributed by atoms with Gasteiger partial charge < -0.3 is 10.2 Å². The molecule has 0 bridgehead atoms. The molecule has 1 N–H and O–H groups in total. The number of hydrogen-bond acceptors (Lipinski definition) is 5. The fourth-order valence-electron chi connectivity index (χ4n) is 2.65. The van der Waals surface area contributed by atoms with E-state index in [9.17, 15) is 13.2 Å². The fourth-order valence-corrected chi connectivity index (χ4v) is 3.41. The van der Waals surface area contributed by atoms with E-state index in [0.717, 1.165) is 32.5 Å². The molecule has 1 amide bonds. The summed E-state index contributed by atoms with van der Waals surface area (Å²) < 4.78 is 22.2. The van der Waals surface area contributed by atoms with E-state index in [2.05, 4.69) is 15.2 Å². The fraction of sp³-hybridized carbons (Fsp3) is 0.600. The number of piperidine rings is 1. The molecule has 2 heterocycles. The quantitative estimate of drug-likeness (QED) is 0.838. The topological polar surface area (TPSA) is 79.4 Å². The molecule has 1 aromatic heterocycles. The first kappa shape index (κ1) is 18.2. The van der Waals surface area contributed by atoms with Crippen molar-refractivity contribution in [3.8, 4) is 0 Å². The van der Waals surface area contributed by atoms with Crippen molar-refractivity contribution in [2.24, 2.45) is 5.92 Å². The molecule has 1 aliphatic rings. The highest BCUT2D eigenvalue weighted by atomic mass is 35.5. The van der Waals surface area contributed by atoms with Crippen LogP contribution >= 0.6 is 11.6 Å². The lowest BCUT2D eigenvalue weighted by Crippen LogP contribution is -2.39. The van der Waals surface area contributed by atoms with Gasteiger partial charge in [-0.3, -0.25) is 4.79 Å². The molecule has 0 spiro atoms. The molecule has 8 heteroatoms. The molecule has 1 aromatic rings. The summed E-state index contributed by atoms with van der Waals surface area (Å²) in [6, 6.07) is 3.37. The van der Waals surface area contributed by atoms with Crippen LogP contribution in [0.1, 0.15) is 19.3 Å². The summed E-state index contributed by atoms with van der Waals surface area (Å²) >= 11 is 5.76. The highest BCUT2D eigenvalue weighted by Crippen LogP contribution is 2.19. The van der Waals surface area contributed by atoms with Crippen LogP contribution in [0.5, 0.6) is 0 Å². The maximum Gasteiger partial charge on any atom is 0.228 e. The zero-order valence-electron chi connectivity index (χ0n) is 13.2. The van der Waals surface area contributed by atoms with Crippen LogP contribution in [0.2, 0.25) is 5.02 Å². The largest absolute Gasteiger partial charge is 0.310 e. The zero-order valence-corrected chi connectivity index (χ0v) is 14.7. The van der Waals surface area contributed by atoms with Gasteiger partial charge >= 0.3 is 0 Å². The van der Waals surface area contributed by atoms with E-state index in [-0.39, 0.29) is 17.6 Å². The Balaban J connectivity index is 1.73. The molecular weight excluding hydrogens is 338 g/mol. The second-order valence-corrected chi connectivity index (χ2v) is 8.65. The maximum absolute atomic E-state index is 12.2. The normalized spacial score (nSPS) is 17.1. The van der Waals surface area contributed by atoms with Gasteiger partial charge in [0.15, 0.2) is 0 Å². The lowest BCUT2D eigenvalue weighted by molar-refractivity contribution is -0.121. The number of sulfone groups is 1. The first-order valence-electron chi connectivity index (χ1n) is 7.66. The summed E-state index contributed by atoms with van der Waals surface area (Å²) in [5.41, 5.74) is 0. The van der Waals surface area contributed by atoms with Gasteiger partial charge in [0.25, 0.3) is 0 Å². The lowest BCUT2D eigenvalue weighted by atomic mass is 9.96. The van der Waals surface area contributed by atoms with Crippen LogP contribution in [0, 0.1) is 5.92 Å². The van der Waals surface area contributed by atoms with E-state index in [0.29, 0.717) is 17.3 Å². The SMILES string of the molecule is CS(=O)(=O)CCCN1CCC(C(=O)Nc2ccc(Cl)cn2)CC1. The third-order valence-electron chi connectivity index (χ3n) is 3.93. The molecule has 1 aliphatic heterocycles. The number of aromatic nitrogens is 1. The minimum atomic E-state index is -2.89. The number of likely N-dealkylation sites (tertiary alicyclic amines) is 1. The Bertz CT molecular complexity index is 626. The Kier molecular flexibility index (Phi) is 6.38. The van der Waals surface area contributed by atoms with Crippen LogP contribution in [0.15, 0.2) is 18.3 Å². The number of anilines is 1. The van der Waals surface area contributed by atoms with Gasteiger partial charge in [0, 0.05) is 18.4 Å². The van der Waals surface area contributed by atoms with Crippen LogP contribution in [0.4, 0.5) is 5.82 Å². The van der Waals surface area contributed by atoms with Gasteiger partial charge in [0.05, 0.1) is 10.8 Å². The number of pyridine rings is 1. The van der Waals surface area contributed by atoms with E-state index in [4.69, 9.17) is 11.6 Å². The van der Waals surface area contributed by atoms with Crippen molar-refractivity contribution >= 4 is 33.2 Å². The summed E-state index contributed by atoms with van der Waals surface area (Å²) in [5, 5.41) is 3.34. The number of hydrogen-bond donors (Lipinski definition) is 1. The summed E-state index contributed by atoms with van der Waals surface area (Å²) in [6.07, 6.45) is 4.96. The van der Waals surface area contributed by atoms with Crippen molar-refractivity contribution in [1.82, 2.24) is 9.88 Å². The summed E-state index contributed by atoms with van der Waals surface area (Å²) in [6.45, 7) is 2.39. The minimum absolute atomic E-state index is 0.0180. The van der Waals surface area contributed by atoms with E-state index >= 15 is 0 Å². The van der Waals surface area contributed by atoms with Crippen LogP contribution in [0.25, 0.3) is 0 Å². The number of rotatable bonds is 6. The van der Waals surface area contributed by atoms with E-state index in [1.165, 1.54) is 12.5 Å². The predicted molar refractivity (Wildman–Crippen MR) is 91.4 cm³/mol. The van der Waals surface area contributed by atoms with Crippen molar-refractivity contribution < 1.29 is 13.2 Å². The molecule has 1 fully saturated rings. The van der Waals surface area contributed by atoms with Gasteiger partial charge in [-0.25, -0.2) is 13.4 Å². The van der Waals surface area contributed by atoms with Crippen LogP contribution in [0.3, 0.4) is 0 Å². The van der Waals surface area contributed by atoms with Gasteiger partial charge in [-0.1, -0.05) is 11.6 Å². The standard InChI is InChI=1S/C15H22ClN3O3S/c1-23(21,22)10-2-7-19-8-5-12(6-9-19)15(20)18-14-4-3-13(16)11-17-14/h3-4,11-12H,2,5-10H2,1H3,(H,17,18,20). The van der Waals surface area contributed by atoms with Crippen molar-refractivity contribution in [3.05, 3.63) is 23.4 Å². The molecule has 23 heavy (non-hydrogen) atoms. The molecule has 0 unspecified atom stereocenters. The lowest BCUT2D eigenvalue weighted by Gasteiger charge is -2.31. The summed E-state index contributed by atoms with van der Waals surface area (Å²) in [4.78, 5) is 18.5. The molecule has 6 nitrogen and oxygen atoms in total.